The molecular weight excluding hydrogens is 300 g/mol. The summed E-state index contributed by atoms with van der Waals surface area (Å²) in [6.07, 6.45) is 0. The lowest BCUT2D eigenvalue weighted by molar-refractivity contribution is 0.507. The van der Waals surface area contributed by atoms with Crippen LogP contribution in [0.5, 0.6) is 0 Å². The fourth-order valence-electron chi connectivity index (χ4n) is 1.58. The lowest BCUT2D eigenvalue weighted by Crippen LogP contribution is -1.96. The maximum atomic E-state index is 13.1. The highest BCUT2D eigenvalue weighted by molar-refractivity contribution is 6.35. The van der Waals surface area contributed by atoms with Crippen LogP contribution in [0.15, 0.2) is 36.4 Å². The molecule has 5 heteroatoms. The maximum Gasteiger partial charge on any atom is 0.159 e. The summed E-state index contributed by atoms with van der Waals surface area (Å²) >= 11 is 17.9. The van der Waals surface area contributed by atoms with Crippen molar-refractivity contribution in [1.82, 2.24) is 0 Å². The fraction of sp³-hybridized carbons (Fsp3) is 0.0769. The summed E-state index contributed by atoms with van der Waals surface area (Å²) < 4.78 is 26.0. The Morgan fingerprint density at radius 1 is 0.778 bits per heavy atom. The molecule has 0 spiro atoms. The van der Waals surface area contributed by atoms with Gasteiger partial charge in [0.2, 0.25) is 0 Å². The molecule has 18 heavy (non-hydrogen) atoms. The van der Waals surface area contributed by atoms with Crippen LogP contribution < -0.4 is 0 Å². The average Bonchev–Trinajstić information content (AvgIpc) is 2.30. The summed E-state index contributed by atoms with van der Waals surface area (Å²) in [6, 6.07) is 8.35. The van der Waals surface area contributed by atoms with E-state index in [0.29, 0.717) is 21.2 Å². The number of benzene rings is 2. The Morgan fingerprint density at radius 2 is 1.39 bits per heavy atom. The molecule has 1 atom stereocenters. The van der Waals surface area contributed by atoms with Gasteiger partial charge in [-0.15, -0.1) is 11.6 Å². The van der Waals surface area contributed by atoms with E-state index in [-0.39, 0.29) is 0 Å². The van der Waals surface area contributed by atoms with Crippen LogP contribution in [0.1, 0.15) is 16.5 Å². The number of alkyl halides is 1. The zero-order valence-corrected chi connectivity index (χ0v) is 11.2. The second-order valence-electron chi connectivity index (χ2n) is 3.74. The van der Waals surface area contributed by atoms with E-state index in [0.717, 1.165) is 12.1 Å². The molecule has 1 unspecified atom stereocenters. The molecule has 0 N–H and O–H groups in total. The molecule has 0 aliphatic rings. The molecule has 0 saturated carbocycles. The van der Waals surface area contributed by atoms with Gasteiger partial charge in [-0.1, -0.05) is 29.3 Å². The fourth-order valence-corrected chi connectivity index (χ4v) is 2.39. The Hall–Kier alpha value is -0.830. The minimum Gasteiger partial charge on any atom is -0.204 e. The smallest absolute Gasteiger partial charge is 0.159 e. The highest BCUT2D eigenvalue weighted by atomic mass is 35.5. The van der Waals surface area contributed by atoms with E-state index in [9.17, 15) is 8.78 Å². The first-order chi connectivity index (χ1) is 8.47. The van der Waals surface area contributed by atoms with Gasteiger partial charge in [0.05, 0.1) is 5.38 Å². The molecule has 0 fully saturated rings. The van der Waals surface area contributed by atoms with Crippen molar-refractivity contribution in [2.24, 2.45) is 0 Å². The monoisotopic (exact) mass is 306 g/mol. The third-order valence-corrected chi connectivity index (χ3v) is 3.35. The molecule has 2 aromatic rings. The molecule has 0 saturated heterocycles. The van der Waals surface area contributed by atoms with Gasteiger partial charge in [0, 0.05) is 10.0 Å². The van der Waals surface area contributed by atoms with Crippen molar-refractivity contribution >= 4 is 34.8 Å². The van der Waals surface area contributed by atoms with E-state index in [4.69, 9.17) is 34.8 Å². The molecular formula is C13H7Cl3F2. The molecule has 2 rings (SSSR count). The standard InChI is InChI=1S/C13H7Cl3F2/c14-9-3-8(4-10(15)6-9)13(16)7-1-2-11(17)12(18)5-7/h1-6,13H. The lowest BCUT2D eigenvalue weighted by Gasteiger charge is -2.11. The number of rotatable bonds is 2. The summed E-state index contributed by atoms with van der Waals surface area (Å²) in [7, 11) is 0. The second kappa shape index (κ2) is 5.43. The van der Waals surface area contributed by atoms with E-state index >= 15 is 0 Å². The SMILES string of the molecule is Fc1ccc(C(Cl)c2cc(Cl)cc(Cl)c2)cc1F. The summed E-state index contributed by atoms with van der Waals surface area (Å²) in [6.45, 7) is 0. The van der Waals surface area contributed by atoms with Crippen LogP contribution >= 0.6 is 34.8 Å². The first-order valence-electron chi connectivity index (χ1n) is 5.02. The normalized spacial score (nSPS) is 12.5. The summed E-state index contributed by atoms with van der Waals surface area (Å²) in [5, 5.41) is 0.229. The Morgan fingerprint density at radius 3 is 1.94 bits per heavy atom. The number of hydrogen-bond donors (Lipinski definition) is 0. The van der Waals surface area contributed by atoms with E-state index in [1.807, 2.05) is 0 Å². The van der Waals surface area contributed by atoms with Gasteiger partial charge in [0.1, 0.15) is 0 Å². The van der Waals surface area contributed by atoms with Gasteiger partial charge in [0.25, 0.3) is 0 Å². The van der Waals surface area contributed by atoms with E-state index in [1.165, 1.54) is 6.07 Å². The van der Waals surface area contributed by atoms with Crippen molar-refractivity contribution < 1.29 is 8.78 Å². The van der Waals surface area contributed by atoms with Crippen molar-refractivity contribution in [2.75, 3.05) is 0 Å². The molecule has 0 aliphatic carbocycles. The Balaban J connectivity index is 2.40. The van der Waals surface area contributed by atoms with Gasteiger partial charge in [0.15, 0.2) is 11.6 Å². The van der Waals surface area contributed by atoms with Crippen LogP contribution in [0.4, 0.5) is 8.78 Å². The molecule has 0 heterocycles. The van der Waals surface area contributed by atoms with E-state index < -0.39 is 17.0 Å². The number of hydrogen-bond acceptors (Lipinski definition) is 0. The summed E-state index contributed by atoms with van der Waals surface area (Å²) in [5.41, 5.74) is 1.06. The topological polar surface area (TPSA) is 0 Å². The first kappa shape index (κ1) is 13.6. The maximum absolute atomic E-state index is 13.1. The van der Waals surface area contributed by atoms with E-state index in [2.05, 4.69) is 0 Å². The lowest BCUT2D eigenvalue weighted by atomic mass is 10.0. The van der Waals surface area contributed by atoms with Gasteiger partial charge in [-0.25, -0.2) is 8.78 Å². The van der Waals surface area contributed by atoms with Crippen LogP contribution in [-0.2, 0) is 0 Å². The third kappa shape index (κ3) is 2.94. The molecule has 0 aromatic heterocycles. The highest BCUT2D eigenvalue weighted by Gasteiger charge is 2.14. The minimum absolute atomic E-state index is 0.436. The van der Waals surface area contributed by atoms with Crippen LogP contribution in [0.25, 0.3) is 0 Å². The van der Waals surface area contributed by atoms with Gasteiger partial charge in [-0.2, -0.15) is 0 Å². The van der Waals surface area contributed by atoms with Crippen LogP contribution in [0, 0.1) is 11.6 Å². The number of halogens is 5. The van der Waals surface area contributed by atoms with Crippen LogP contribution in [0.3, 0.4) is 0 Å². The molecule has 0 radical (unpaired) electrons. The summed E-state index contributed by atoms with van der Waals surface area (Å²) in [5.74, 6) is -1.85. The second-order valence-corrected chi connectivity index (χ2v) is 5.05. The van der Waals surface area contributed by atoms with Crippen molar-refractivity contribution in [3.05, 3.63) is 69.2 Å². The molecule has 0 amide bonds. The largest absolute Gasteiger partial charge is 0.204 e. The molecule has 0 nitrogen and oxygen atoms in total. The summed E-state index contributed by atoms with van der Waals surface area (Å²) in [4.78, 5) is 0. The Labute approximate surface area is 118 Å². The quantitative estimate of drug-likeness (QED) is 0.633. The van der Waals surface area contributed by atoms with Gasteiger partial charge < -0.3 is 0 Å². The van der Waals surface area contributed by atoms with Crippen LogP contribution in [0.2, 0.25) is 10.0 Å². The van der Waals surface area contributed by atoms with Gasteiger partial charge >= 0.3 is 0 Å². The molecule has 2 aromatic carbocycles. The zero-order chi connectivity index (χ0) is 13.3. The average molecular weight is 308 g/mol. The highest BCUT2D eigenvalue weighted by Crippen LogP contribution is 2.32. The van der Waals surface area contributed by atoms with Crippen molar-refractivity contribution in [3.8, 4) is 0 Å². The van der Waals surface area contributed by atoms with E-state index in [1.54, 1.807) is 18.2 Å². The minimum atomic E-state index is -0.939. The van der Waals surface area contributed by atoms with Crippen LogP contribution in [-0.4, -0.2) is 0 Å². The third-order valence-electron chi connectivity index (χ3n) is 2.41. The Kier molecular flexibility index (Phi) is 4.10. The predicted octanol–water partition coefficient (Wildman–Crippen LogP) is 5.60. The van der Waals surface area contributed by atoms with Crippen molar-refractivity contribution in [2.45, 2.75) is 5.38 Å². The van der Waals surface area contributed by atoms with Gasteiger partial charge in [-0.05, 0) is 41.5 Å². The van der Waals surface area contributed by atoms with Gasteiger partial charge in [-0.3, -0.25) is 0 Å². The predicted molar refractivity (Wildman–Crippen MR) is 70.5 cm³/mol. The van der Waals surface area contributed by atoms with Crippen molar-refractivity contribution in [1.29, 1.82) is 0 Å². The Bertz CT molecular complexity index is 564. The molecule has 0 aliphatic heterocycles. The zero-order valence-electron chi connectivity index (χ0n) is 8.93. The first-order valence-corrected chi connectivity index (χ1v) is 6.21. The molecule has 94 valence electrons. The molecule has 0 bridgehead atoms. The van der Waals surface area contributed by atoms with Crippen molar-refractivity contribution in [3.63, 3.8) is 0 Å².